The van der Waals surface area contributed by atoms with Gasteiger partial charge in [0.1, 0.15) is 5.75 Å². The van der Waals surface area contributed by atoms with Crippen LogP contribution in [0.3, 0.4) is 0 Å². The first kappa shape index (κ1) is 16.5. The van der Waals surface area contributed by atoms with Gasteiger partial charge >= 0.3 is 0 Å². The van der Waals surface area contributed by atoms with E-state index in [4.69, 9.17) is 4.74 Å². The van der Waals surface area contributed by atoms with Crippen LogP contribution in [0.4, 0.5) is 11.4 Å². The molecule has 6 heteroatoms. The summed E-state index contributed by atoms with van der Waals surface area (Å²) in [6, 6.07) is 12.9. The van der Waals surface area contributed by atoms with Crippen LogP contribution in [0.25, 0.3) is 0 Å². The largest absolute Gasteiger partial charge is 0.484 e. The number of ether oxygens (including phenoxy) is 1. The lowest BCUT2D eigenvalue weighted by Gasteiger charge is -2.15. The maximum atomic E-state index is 12.0. The van der Waals surface area contributed by atoms with Crippen LogP contribution < -0.4 is 15.0 Å². The first-order chi connectivity index (χ1) is 11.5. The lowest BCUT2D eigenvalue weighted by atomic mass is 10.1. The van der Waals surface area contributed by atoms with E-state index in [2.05, 4.69) is 21.2 Å². The predicted octanol–water partition coefficient (Wildman–Crippen LogP) is 3.38. The average Bonchev–Trinajstić information content (AvgIpc) is 2.97. The summed E-state index contributed by atoms with van der Waals surface area (Å²) in [4.78, 5) is 25.3. The summed E-state index contributed by atoms with van der Waals surface area (Å²) >= 11 is 3.35. The maximum absolute atomic E-state index is 12.0. The molecule has 24 heavy (non-hydrogen) atoms. The number of hydrogen-bond acceptors (Lipinski definition) is 3. The van der Waals surface area contributed by atoms with Crippen molar-refractivity contribution in [3.05, 3.63) is 52.5 Å². The standard InChI is InChI=1S/C18H17BrN2O3/c1-12(22)21-9-8-13-10-15(4-7-17(13)21)20-18(23)11-24-16-5-2-14(19)3-6-16/h2-7,10H,8-9,11H2,1H3,(H,20,23). The van der Waals surface area contributed by atoms with Crippen LogP contribution in [0.1, 0.15) is 12.5 Å². The Morgan fingerprint density at radius 2 is 1.96 bits per heavy atom. The number of fused-ring (bicyclic) bond motifs is 1. The Kier molecular flexibility index (Phi) is 4.85. The van der Waals surface area contributed by atoms with E-state index in [1.807, 2.05) is 24.3 Å². The second-order valence-corrected chi connectivity index (χ2v) is 6.47. The minimum atomic E-state index is -0.223. The second kappa shape index (κ2) is 7.05. The number of carbonyl (C=O) groups is 2. The number of carbonyl (C=O) groups excluding carboxylic acids is 2. The number of anilines is 2. The van der Waals surface area contributed by atoms with Crippen molar-refractivity contribution in [3.8, 4) is 5.75 Å². The summed E-state index contributed by atoms with van der Waals surface area (Å²) in [6.07, 6.45) is 0.800. The van der Waals surface area contributed by atoms with Gasteiger partial charge in [-0.1, -0.05) is 15.9 Å². The average molecular weight is 389 g/mol. The summed E-state index contributed by atoms with van der Waals surface area (Å²) in [5.41, 5.74) is 2.70. The van der Waals surface area contributed by atoms with Gasteiger partial charge in [-0.15, -0.1) is 0 Å². The monoisotopic (exact) mass is 388 g/mol. The quantitative estimate of drug-likeness (QED) is 0.873. The summed E-state index contributed by atoms with van der Waals surface area (Å²) in [6.45, 7) is 2.19. The maximum Gasteiger partial charge on any atom is 0.262 e. The minimum absolute atomic E-state index is 0.0356. The highest BCUT2D eigenvalue weighted by atomic mass is 79.9. The molecule has 1 N–H and O–H groups in total. The molecular weight excluding hydrogens is 372 g/mol. The Balaban J connectivity index is 1.59. The second-order valence-electron chi connectivity index (χ2n) is 5.55. The Hall–Kier alpha value is -2.34. The van der Waals surface area contributed by atoms with E-state index >= 15 is 0 Å². The molecule has 0 atom stereocenters. The van der Waals surface area contributed by atoms with Crippen molar-refractivity contribution in [1.82, 2.24) is 0 Å². The van der Waals surface area contributed by atoms with Gasteiger partial charge in [0.15, 0.2) is 6.61 Å². The first-order valence-corrected chi connectivity index (χ1v) is 8.41. The third-order valence-electron chi connectivity index (χ3n) is 3.82. The van der Waals surface area contributed by atoms with Gasteiger partial charge in [0.2, 0.25) is 5.91 Å². The van der Waals surface area contributed by atoms with E-state index in [9.17, 15) is 9.59 Å². The van der Waals surface area contributed by atoms with E-state index < -0.39 is 0 Å². The molecule has 0 saturated carbocycles. The Bertz CT molecular complexity index is 774. The highest BCUT2D eigenvalue weighted by Gasteiger charge is 2.22. The number of nitrogens with one attached hydrogen (secondary N) is 1. The van der Waals surface area contributed by atoms with Gasteiger partial charge in [-0.2, -0.15) is 0 Å². The molecule has 1 aliphatic rings. The fraction of sp³-hybridized carbons (Fsp3) is 0.222. The fourth-order valence-corrected chi connectivity index (χ4v) is 2.95. The van der Waals surface area contributed by atoms with Gasteiger partial charge in [-0.3, -0.25) is 9.59 Å². The van der Waals surface area contributed by atoms with Crippen molar-refractivity contribution in [2.45, 2.75) is 13.3 Å². The molecule has 2 aromatic carbocycles. The lowest BCUT2D eigenvalue weighted by molar-refractivity contribution is -0.118. The van der Waals surface area contributed by atoms with Crippen LogP contribution in [0.2, 0.25) is 0 Å². The van der Waals surface area contributed by atoms with Crippen LogP contribution in [0.15, 0.2) is 46.9 Å². The Labute approximate surface area is 148 Å². The molecule has 0 fully saturated rings. The van der Waals surface area contributed by atoms with Crippen LogP contribution in [0, 0.1) is 0 Å². The molecule has 0 radical (unpaired) electrons. The lowest BCUT2D eigenvalue weighted by Crippen LogP contribution is -2.25. The zero-order chi connectivity index (χ0) is 17.1. The number of nitrogens with zero attached hydrogens (tertiary/aromatic N) is 1. The van der Waals surface area contributed by atoms with Crippen molar-refractivity contribution < 1.29 is 14.3 Å². The van der Waals surface area contributed by atoms with Crippen molar-refractivity contribution in [1.29, 1.82) is 0 Å². The van der Waals surface area contributed by atoms with Crippen molar-refractivity contribution in [2.75, 3.05) is 23.4 Å². The van der Waals surface area contributed by atoms with E-state index in [-0.39, 0.29) is 18.4 Å². The zero-order valence-corrected chi connectivity index (χ0v) is 14.8. The minimum Gasteiger partial charge on any atom is -0.484 e. The summed E-state index contributed by atoms with van der Waals surface area (Å²) in [7, 11) is 0. The Morgan fingerprint density at radius 3 is 2.67 bits per heavy atom. The van der Waals surface area contributed by atoms with E-state index in [0.29, 0.717) is 18.0 Å². The molecule has 5 nitrogen and oxygen atoms in total. The highest BCUT2D eigenvalue weighted by molar-refractivity contribution is 9.10. The molecule has 2 aromatic rings. The number of halogens is 1. The topological polar surface area (TPSA) is 58.6 Å². The number of amides is 2. The summed E-state index contributed by atoms with van der Waals surface area (Å²) in [5.74, 6) is 0.451. The zero-order valence-electron chi connectivity index (χ0n) is 13.2. The smallest absolute Gasteiger partial charge is 0.262 e. The van der Waals surface area contributed by atoms with Crippen LogP contribution in [-0.2, 0) is 16.0 Å². The first-order valence-electron chi connectivity index (χ1n) is 7.62. The third-order valence-corrected chi connectivity index (χ3v) is 4.35. The van der Waals surface area contributed by atoms with E-state index in [1.165, 1.54) is 0 Å². The summed E-state index contributed by atoms with van der Waals surface area (Å²) < 4.78 is 6.41. The molecule has 0 saturated heterocycles. The summed E-state index contributed by atoms with van der Waals surface area (Å²) in [5, 5.41) is 2.82. The molecule has 124 valence electrons. The number of hydrogen-bond donors (Lipinski definition) is 1. The van der Waals surface area contributed by atoms with Gasteiger partial charge in [0, 0.05) is 29.3 Å². The third kappa shape index (κ3) is 3.76. The molecule has 0 bridgehead atoms. The van der Waals surface area contributed by atoms with Crippen molar-refractivity contribution in [3.63, 3.8) is 0 Å². The van der Waals surface area contributed by atoms with Gasteiger partial charge in [-0.25, -0.2) is 0 Å². The molecule has 3 rings (SSSR count). The molecule has 0 aromatic heterocycles. The molecule has 0 unspecified atom stereocenters. The predicted molar refractivity (Wildman–Crippen MR) is 96.4 cm³/mol. The van der Waals surface area contributed by atoms with Gasteiger partial charge < -0.3 is 15.0 Å². The van der Waals surface area contributed by atoms with Crippen molar-refractivity contribution in [2.24, 2.45) is 0 Å². The van der Waals surface area contributed by atoms with Gasteiger partial charge in [0.25, 0.3) is 5.91 Å². The van der Waals surface area contributed by atoms with Gasteiger partial charge in [0.05, 0.1) is 0 Å². The van der Waals surface area contributed by atoms with E-state index in [1.54, 1.807) is 30.0 Å². The van der Waals surface area contributed by atoms with Gasteiger partial charge in [-0.05, 0) is 54.4 Å². The molecule has 2 amide bonds. The van der Waals surface area contributed by atoms with E-state index in [0.717, 1.165) is 22.1 Å². The molecule has 0 aliphatic carbocycles. The van der Waals surface area contributed by atoms with Crippen LogP contribution in [0.5, 0.6) is 5.75 Å². The van der Waals surface area contributed by atoms with Crippen molar-refractivity contribution >= 4 is 39.1 Å². The fourth-order valence-electron chi connectivity index (χ4n) is 2.68. The molecular formula is C18H17BrN2O3. The highest BCUT2D eigenvalue weighted by Crippen LogP contribution is 2.30. The Morgan fingerprint density at radius 1 is 1.21 bits per heavy atom. The molecule has 1 aliphatic heterocycles. The van der Waals surface area contributed by atoms with Crippen LogP contribution in [-0.4, -0.2) is 25.0 Å². The number of benzene rings is 2. The van der Waals surface area contributed by atoms with Crippen LogP contribution >= 0.6 is 15.9 Å². The SMILES string of the molecule is CC(=O)N1CCc2cc(NC(=O)COc3ccc(Br)cc3)ccc21. The molecule has 0 spiro atoms. The number of rotatable bonds is 4. The normalized spacial score (nSPS) is 12.7. The molecule has 1 heterocycles.